The van der Waals surface area contributed by atoms with E-state index in [0.29, 0.717) is 5.92 Å². The summed E-state index contributed by atoms with van der Waals surface area (Å²) in [5, 5.41) is 6.52. The van der Waals surface area contributed by atoms with Crippen LogP contribution in [-0.4, -0.2) is 16.6 Å². The first kappa shape index (κ1) is 19.9. The summed E-state index contributed by atoms with van der Waals surface area (Å²) in [7, 11) is 0. The Morgan fingerprint density at radius 1 is 1.20 bits per heavy atom. The van der Waals surface area contributed by atoms with Gasteiger partial charge in [0.1, 0.15) is 0 Å². The summed E-state index contributed by atoms with van der Waals surface area (Å²) in [5.74, 6) is 0.658. The summed E-state index contributed by atoms with van der Waals surface area (Å²) in [4.78, 5) is 3.70. The molecule has 1 N–H and O–H groups in total. The molecule has 2 rings (SSSR count). The van der Waals surface area contributed by atoms with E-state index in [9.17, 15) is 0 Å². The minimum Gasteiger partial charge on any atom is -0.341 e. The average molecular weight is 375 g/mol. The van der Waals surface area contributed by atoms with Gasteiger partial charge in [0.15, 0.2) is 5.11 Å². The molecule has 0 amide bonds. The van der Waals surface area contributed by atoms with E-state index in [1.165, 1.54) is 21.7 Å². The molecule has 0 fully saturated rings. The van der Waals surface area contributed by atoms with Crippen LogP contribution in [0.2, 0.25) is 0 Å². The fourth-order valence-electron chi connectivity index (χ4n) is 2.93. The summed E-state index contributed by atoms with van der Waals surface area (Å²) in [5.41, 5.74) is 3.73. The molecule has 0 radical (unpaired) electrons. The third-order valence-electron chi connectivity index (χ3n) is 4.60. The highest BCUT2D eigenvalue weighted by Crippen LogP contribution is 2.28. The molecule has 0 aliphatic carbocycles. The zero-order valence-corrected chi connectivity index (χ0v) is 17.6. The summed E-state index contributed by atoms with van der Waals surface area (Å²) < 4.78 is 0. The van der Waals surface area contributed by atoms with E-state index in [1.807, 2.05) is 0 Å². The number of nitrogens with one attached hydrogen (secondary N) is 1. The molecule has 0 aliphatic heterocycles. The summed E-state index contributed by atoms with van der Waals surface area (Å²) in [6.45, 7) is 12.1. The molecule has 1 aromatic carbocycles. The molecule has 2 nitrogen and oxygen atoms in total. The first-order valence-electron chi connectivity index (χ1n) is 9.13. The van der Waals surface area contributed by atoms with Crippen molar-refractivity contribution in [1.29, 1.82) is 0 Å². The van der Waals surface area contributed by atoms with Crippen LogP contribution in [-0.2, 0) is 6.42 Å². The number of anilines is 1. The van der Waals surface area contributed by atoms with E-state index in [2.05, 4.69) is 80.5 Å². The predicted octanol–water partition coefficient (Wildman–Crippen LogP) is 6.43. The van der Waals surface area contributed by atoms with Crippen LogP contribution in [0.5, 0.6) is 0 Å². The Balaban J connectivity index is 2.23. The molecule has 25 heavy (non-hydrogen) atoms. The van der Waals surface area contributed by atoms with Gasteiger partial charge in [0, 0.05) is 17.1 Å². The van der Waals surface area contributed by atoms with Gasteiger partial charge in [-0.1, -0.05) is 45.0 Å². The van der Waals surface area contributed by atoms with E-state index in [4.69, 9.17) is 12.2 Å². The van der Waals surface area contributed by atoms with Crippen molar-refractivity contribution < 1.29 is 0 Å². The zero-order valence-electron chi connectivity index (χ0n) is 16.0. The van der Waals surface area contributed by atoms with Gasteiger partial charge in [0.25, 0.3) is 0 Å². The van der Waals surface area contributed by atoms with E-state index in [-0.39, 0.29) is 6.04 Å². The Hall–Kier alpha value is -1.39. The van der Waals surface area contributed by atoms with Crippen LogP contribution in [0.1, 0.15) is 56.2 Å². The third kappa shape index (κ3) is 5.29. The molecule has 0 saturated carbocycles. The van der Waals surface area contributed by atoms with Gasteiger partial charge in [0.2, 0.25) is 0 Å². The van der Waals surface area contributed by atoms with Crippen molar-refractivity contribution in [3.8, 4) is 0 Å². The quantitative estimate of drug-likeness (QED) is 0.563. The van der Waals surface area contributed by atoms with Gasteiger partial charge < -0.3 is 10.2 Å². The predicted molar refractivity (Wildman–Crippen MR) is 116 cm³/mol. The van der Waals surface area contributed by atoms with Gasteiger partial charge >= 0.3 is 0 Å². The lowest BCUT2D eigenvalue weighted by atomic mass is 10.1. The maximum absolute atomic E-state index is 5.85. The van der Waals surface area contributed by atoms with Crippen LogP contribution < -0.4 is 5.32 Å². The molecule has 0 bridgehead atoms. The molecular weight excluding hydrogens is 344 g/mol. The van der Waals surface area contributed by atoms with Gasteiger partial charge in [-0.05, 0) is 67.4 Å². The molecule has 0 spiro atoms. The fraction of sp³-hybridized carbons (Fsp3) is 0.476. The van der Waals surface area contributed by atoms with Crippen LogP contribution >= 0.6 is 23.6 Å². The topological polar surface area (TPSA) is 15.3 Å². The molecule has 1 heterocycles. The van der Waals surface area contributed by atoms with Gasteiger partial charge in [-0.3, -0.25) is 0 Å². The SMILES string of the molecule is CCc1cccc(C)c1NC(=S)N(CCC(C)C)C(C)c1cccs1. The molecule has 1 atom stereocenters. The lowest BCUT2D eigenvalue weighted by Crippen LogP contribution is -2.38. The number of hydrogen-bond acceptors (Lipinski definition) is 2. The van der Waals surface area contributed by atoms with Crippen molar-refractivity contribution in [2.24, 2.45) is 5.92 Å². The highest BCUT2D eigenvalue weighted by Gasteiger charge is 2.20. The number of para-hydroxylation sites is 1. The molecule has 4 heteroatoms. The minimum absolute atomic E-state index is 0.285. The smallest absolute Gasteiger partial charge is 0.173 e. The van der Waals surface area contributed by atoms with Crippen LogP contribution in [0.4, 0.5) is 5.69 Å². The van der Waals surface area contributed by atoms with E-state index in [0.717, 1.165) is 24.5 Å². The second kappa shape index (κ2) is 9.35. The van der Waals surface area contributed by atoms with Crippen LogP contribution in [0.15, 0.2) is 35.7 Å². The lowest BCUT2D eigenvalue weighted by Gasteiger charge is -2.32. The first-order chi connectivity index (χ1) is 11.9. The normalized spacial score (nSPS) is 12.2. The zero-order chi connectivity index (χ0) is 18.4. The van der Waals surface area contributed by atoms with Crippen molar-refractivity contribution in [2.75, 3.05) is 11.9 Å². The average Bonchev–Trinajstić information content (AvgIpc) is 3.11. The third-order valence-corrected chi connectivity index (χ3v) is 5.98. The number of hydrogen-bond donors (Lipinski definition) is 1. The number of thiophene rings is 1. The second-order valence-corrected chi connectivity index (χ2v) is 8.33. The van der Waals surface area contributed by atoms with E-state index >= 15 is 0 Å². The Morgan fingerprint density at radius 2 is 1.96 bits per heavy atom. The maximum atomic E-state index is 5.85. The van der Waals surface area contributed by atoms with E-state index in [1.54, 1.807) is 11.3 Å². The number of rotatable bonds is 7. The van der Waals surface area contributed by atoms with Crippen molar-refractivity contribution in [1.82, 2.24) is 4.90 Å². The number of thiocarbonyl (C=S) groups is 1. The summed E-state index contributed by atoms with van der Waals surface area (Å²) in [6.07, 6.45) is 2.13. The Morgan fingerprint density at radius 3 is 2.56 bits per heavy atom. The molecule has 136 valence electrons. The highest BCUT2D eigenvalue weighted by atomic mass is 32.1. The fourth-order valence-corrected chi connectivity index (χ4v) is 4.08. The van der Waals surface area contributed by atoms with Crippen molar-refractivity contribution in [2.45, 2.75) is 53.5 Å². The number of benzene rings is 1. The van der Waals surface area contributed by atoms with Crippen molar-refractivity contribution >= 4 is 34.4 Å². The van der Waals surface area contributed by atoms with Gasteiger partial charge in [-0.2, -0.15) is 0 Å². The van der Waals surface area contributed by atoms with Crippen molar-refractivity contribution in [3.63, 3.8) is 0 Å². The van der Waals surface area contributed by atoms with Gasteiger partial charge in [0.05, 0.1) is 6.04 Å². The monoisotopic (exact) mass is 374 g/mol. The highest BCUT2D eigenvalue weighted by molar-refractivity contribution is 7.80. The Kier molecular flexibility index (Phi) is 7.45. The molecular formula is C21H30N2S2. The van der Waals surface area contributed by atoms with Crippen LogP contribution in [0.3, 0.4) is 0 Å². The van der Waals surface area contributed by atoms with Gasteiger partial charge in [-0.15, -0.1) is 11.3 Å². The molecule has 0 aliphatic rings. The van der Waals surface area contributed by atoms with Crippen LogP contribution in [0.25, 0.3) is 0 Å². The maximum Gasteiger partial charge on any atom is 0.173 e. The molecule has 1 aromatic heterocycles. The molecule has 2 aromatic rings. The number of aryl methyl sites for hydroxylation is 2. The largest absolute Gasteiger partial charge is 0.341 e. The summed E-state index contributed by atoms with van der Waals surface area (Å²) >= 11 is 7.65. The summed E-state index contributed by atoms with van der Waals surface area (Å²) in [6, 6.07) is 11.0. The van der Waals surface area contributed by atoms with Crippen LogP contribution in [0, 0.1) is 12.8 Å². The lowest BCUT2D eigenvalue weighted by molar-refractivity contribution is 0.321. The van der Waals surface area contributed by atoms with E-state index < -0.39 is 0 Å². The minimum atomic E-state index is 0.285. The Labute approximate surface area is 162 Å². The Bertz CT molecular complexity index is 677. The molecule has 0 saturated heterocycles. The number of nitrogens with zero attached hydrogens (tertiary/aromatic N) is 1. The second-order valence-electron chi connectivity index (χ2n) is 6.96. The van der Waals surface area contributed by atoms with Gasteiger partial charge in [-0.25, -0.2) is 0 Å². The first-order valence-corrected chi connectivity index (χ1v) is 10.4. The standard InChI is InChI=1S/C21H30N2S2/c1-6-18-10-7-9-16(4)20(18)22-21(24)23(13-12-15(2)3)17(5)19-11-8-14-25-19/h7-11,14-15,17H,6,12-13H2,1-5H3,(H,22,24). The van der Waals surface area contributed by atoms with Crippen molar-refractivity contribution in [3.05, 3.63) is 51.7 Å². The molecule has 1 unspecified atom stereocenters.